The summed E-state index contributed by atoms with van der Waals surface area (Å²) in [4.78, 5) is 0. The SMILES string of the molecule is CCC(I)I.COc1ccc(C#N)c(N)c1. The van der Waals surface area contributed by atoms with Crippen LogP contribution in [0.1, 0.15) is 18.9 Å². The molecule has 0 aliphatic carbocycles. The van der Waals surface area contributed by atoms with Crippen LogP contribution in [-0.4, -0.2) is 9.04 Å². The van der Waals surface area contributed by atoms with Crippen molar-refractivity contribution in [1.29, 1.82) is 5.26 Å². The van der Waals surface area contributed by atoms with E-state index in [-0.39, 0.29) is 0 Å². The Kier molecular flexibility index (Phi) is 8.74. The largest absolute Gasteiger partial charge is 0.497 e. The molecule has 1 rings (SSSR count). The number of ether oxygens (including phenoxy) is 1. The average molecular weight is 444 g/mol. The third-order valence-electron chi connectivity index (χ3n) is 1.69. The molecule has 0 atom stereocenters. The zero-order valence-corrected chi connectivity index (χ0v) is 13.5. The molecule has 1 aromatic rings. The van der Waals surface area contributed by atoms with Crippen molar-refractivity contribution in [2.24, 2.45) is 0 Å². The quantitative estimate of drug-likeness (QED) is 0.430. The van der Waals surface area contributed by atoms with E-state index in [0.717, 1.165) is 1.93 Å². The highest BCUT2D eigenvalue weighted by atomic mass is 127. The van der Waals surface area contributed by atoms with E-state index >= 15 is 0 Å². The molecule has 16 heavy (non-hydrogen) atoms. The summed E-state index contributed by atoms with van der Waals surface area (Å²) in [5.41, 5.74) is 6.43. The maximum absolute atomic E-state index is 8.51. The molecule has 0 amide bonds. The van der Waals surface area contributed by atoms with Crippen LogP contribution < -0.4 is 10.5 Å². The number of benzene rings is 1. The monoisotopic (exact) mass is 444 g/mol. The maximum Gasteiger partial charge on any atom is 0.121 e. The molecule has 0 unspecified atom stereocenters. The highest BCUT2D eigenvalue weighted by Crippen LogP contribution is 2.18. The van der Waals surface area contributed by atoms with Gasteiger partial charge in [0.25, 0.3) is 0 Å². The Hall–Kier alpha value is -0.230. The van der Waals surface area contributed by atoms with Gasteiger partial charge in [0, 0.05) is 6.07 Å². The summed E-state index contributed by atoms with van der Waals surface area (Å²) in [6.45, 7) is 2.18. The summed E-state index contributed by atoms with van der Waals surface area (Å²) in [6, 6.07) is 6.93. The highest BCUT2D eigenvalue weighted by Gasteiger charge is 1.98. The number of hydrogen-bond donors (Lipinski definition) is 1. The second-order valence-electron chi connectivity index (χ2n) is 2.86. The van der Waals surface area contributed by atoms with E-state index < -0.39 is 0 Å². The Balaban J connectivity index is 0.000000385. The third-order valence-corrected chi connectivity index (χ3v) is 3.45. The molecule has 0 aromatic heterocycles. The van der Waals surface area contributed by atoms with Gasteiger partial charge in [-0.15, -0.1) is 0 Å². The molecule has 0 fully saturated rings. The van der Waals surface area contributed by atoms with Crippen molar-refractivity contribution >= 4 is 50.9 Å². The predicted molar refractivity (Wildman–Crippen MR) is 84.2 cm³/mol. The van der Waals surface area contributed by atoms with Gasteiger partial charge in [0.15, 0.2) is 0 Å². The van der Waals surface area contributed by atoms with E-state index in [9.17, 15) is 0 Å². The van der Waals surface area contributed by atoms with Gasteiger partial charge < -0.3 is 10.5 Å². The fraction of sp³-hybridized carbons (Fsp3) is 0.364. The lowest BCUT2D eigenvalue weighted by Crippen LogP contribution is -1.91. The predicted octanol–water partition coefficient (Wildman–Crippen LogP) is 3.74. The Bertz CT molecular complexity index is 361. The van der Waals surface area contributed by atoms with E-state index in [4.69, 9.17) is 15.7 Å². The molecule has 0 aliphatic heterocycles. The molecule has 3 nitrogen and oxygen atoms in total. The molecule has 0 bridgehead atoms. The van der Waals surface area contributed by atoms with Gasteiger partial charge in [0.05, 0.1) is 20.3 Å². The average Bonchev–Trinajstić information content (AvgIpc) is 2.29. The van der Waals surface area contributed by atoms with Crippen molar-refractivity contribution in [2.45, 2.75) is 15.3 Å². The van der Waals surface area contributed by atoms with Crippen molar-refractivity contribution in [3.63, 3.8) is 0 Å². The lowest BCUT2D eigenvalue weighted by molar-refractivity contribution is 0.415. The molecular formula is C11H14I2N2O. The van der Waals surface area contributed by atoms with Gasteiger partial charge in [-0.05, 0) is 18.6 Å². The molecule has 0 saturated heterocycles. The molecule has 0 spiro atoms. The molecule has 0 radical (unpaired) electrons. The number of hydrogen-bond acceptors (Lipinski definition) is 3. The molecule has 0 heterocycles. The normalized spacial score (nSPS) is 9.00. The van der Waals surface area contributed by atoms with Gasteiger partial charge in [-0.3, -0.25) is 0 Å². The van der Waals surface area contributed by atoms with Crippen LogP contribution >= 0.6 is 45.2 Å². The molecule has 2 N–H and O–H groups in total. The molecule has 5 heteroatoms. The fourth-order valence-corrected chi connectivity index (χ4v) is 0.770. The topological polar surface area (TPSA) is 59.0 Å². The number of halogens is 2. The van der Waals surface area contributed by atoms with Crippen molar-refractivity contribution < 1.29 is 4.74 Å². The Morgan fingerprint density at radius 1 is 1.50 bits per heavy atom. The third kappa shape index (κ3) is 6.37. The Morgan fingerprint density at radius 2 is 2.06 bits per heavy atom. The number of nitriles is 1. The smallest absolute Gasteiger partial charge is 0.121 e. The van der Waals surface area contributed by atoms with E-state index in [0.29, 0.717) is 17.0 Å². The van der Waals surface area contributed by atoms with E-state index in [2.05, 4.69) is 52.1 Å². The van der Waals surface area contributed by atoms with Crippen molar-refractivity contribution in [3.8, 4) is 11.8 Å². The second kappa shape index (κ2) is 8.87. The van der Waals surface area contributed by atoms with E-state index in [1.54, 1.807) is 25.3 Å². The van der Waals surface area contributed by atoms with Crippen LogP contribution in [0, 0.1) is 11.3 Å². The van der Waals surface area contributed by atoms with Crippen LogP contribution in [-0.2, 0) is 0 Å². The van der Waals surface area contributed by atoms with Crippen LogP contribution in [0.15, 0.2) is 18.2 Å². The first kappa shape index (κ1) is 15.8. The van der Waals surface area contributed by atoms with Crippen LogP contribution in [0.5, 0.6) is 5.75 Å². The number of alkyl halides is 2. The minimum atomic E-state index is 0.451. The van der Waals surface area contributed by atoms with Crippen molar-refractivity contribution in [3.05, 3.63) is 23.8 Å². The number of anilines is 1. The zero-order chi connectivity index (χ0) is 12.6. The number of nitrogen functional groups attached to an aromatic ring is 1. The van der Waals surface area contributed by atoms with Crippen LogP contribution in [0.25, 0.3) is 0 Å². The van der Waals surface area contributed by atoms with Crippen LogP contribution in [0.4, 0.5) is 5.69 Å². The molecule has 1 aromatic carbocycles. The van der Waals surface area contributed by atoms with Crippen LogP contribution in [0.3, 0.4) is 0 Å². The van der Waals surface area contributed by atoms with Crippen molar-refractivity contribution in [2.75, 3.05) is 12.8 Å². The number of nitrogens with two attached hydrogens (primary N) is 1. The summed E-state index contributed by atoms with van der Waals surface area (Å²) in [5, 5.41) is 8.51. The summed E-state index contributed by atoms with van der Waals surface area (Å²) in [7, 11) is 1.56. The number of rotatable bonds is 2. The van der Waals surface area contributed by atoms with Crippen LogP contribution in [0.2, 0.25) is 0 Å². The Morgan fingerprint density at radius 3 is 2.38 bits per heavy atom. The molecule has 0 saturated carbocycles. The molecule has 88 valence electrons. The minimum Gasteiger partial charge on any atom is -0.497 e. The first-order valence-corrected chi connectivity index (χ1v) is 7.16. The van der Waals surface area contributed by atoms with Gasteiger partial charge in [-0.1, -0.05) is 52.1 Å². The summed E-state index contributed by atoms with van der Waals surface area (Å²) in [6.07, 6.45) is 1.28. The molecular weight excluding hydrogens is 430 g/mol. The summed E-state index contributed by atoms with van der Waals surface area (Å²) < 4.78 is 5.73. The second-order valence-corrected chi connectivity index (χ2v) is 8.25. The van der Waals surface area contributed by atoms with Gasteiger partial charge in [-0.25, -0.2) is 0 Å². The minimum absolute atomic E-state index is 0.451. The molecule has 0 aliphatic rings. The van der Waals surface area contributed by atoms with Gasteiger partial charge in [-0.2, -0.15) is 5.26 Å². The van der Waals surface area contributed by atoms with Gasteiger partial charge in [0.2, 0.25) is 0 Å². The lowest BCUT2D eigenvalue weighted by Gasteiger charge is -2.00. The first-order valence-electron chi connectivity index (χ1n) is 4.66. The standard InChI is InChI=1S/C8H8N2O.C3H6I2/c1-11-7-3-2-6(5-9)8(10)4-7;1-2-3(4)5/h2-4H,10H2,1H3;3H,2H2,1H3. The maximum atomic E-state index is 8.51. The number of methoxy groups -OCH3 is 1. The number of nitrogens with zero attached hydrogens (tertiary/aromatic N) is 1. The first-order chi connectivity index (χ1) is 7.54. The zero-order valence-electron chi connectivity index (χ0n) is 9.21. The van der Waals surface area contributed by atoms with Crippen molar-refractivity contribution in [1.82, 2.24) is 0 Å². The van der Waals surface area contributed by atoms with Gasteiger partial charge in [0.1, 0.15) is 11.8 Å². The summed E-state index contributed by atoms with van der Waals surface area (Å²) in [5.74, 6) is 0.668. The van der Waals surface area contributed by atoms with Gasteiger partial charge >= 0.3 is 0 Å². The highest BCUT2D eigenvalue weighted by molar-refractivity contribution is 14.2. The van der Waals surface area contributed by atoms with E-state index in [1.807, 2.05) is 6.07 Å². The lowest BCUT2D eigenvalue weighted by atomic mass is 10.2. The summed E-state index contributed by atoms with van der Waals surface area (Å²) >= 11 is 4.79. The Labute approximate surface area is 124 Å². The van der Waals surface area contributed by atoms with E-state index in [1.165, 1.54) is 6.42 Å². The fourth-order valence-electron chi connectivity index (χ4n) is 0.770.